The molecule has 0 aromatic carbocycles. The van der Waals surface area contributed by atoms with E-state index in [1.54, 1.807) is 16.7 Å². The standard InChI is InChI=1S/C21H30N8O3S/c1-14-12-32-9-8-28(14)20-25-17(15-10-23-19(22)24-11-15)16-4-6-29(18(16)26-20)21(2)5-7-27(13-21)33(3,30)31/h10-11,14H,4-9,12-13H2,1-3H3,(H2,22,23,24)/t14-,21-/m0/s1. The SMILES string of the molecule is C[C@H]1COCCN1c1nc(-c2cnc(N)nc2)c2c(n1)N([C@@]1(C)CCN(S(C)(=O)=O)C1)CC2. The first-order chi connectivity index (χ1) is 15.7. The number of aromatic nitrogens is 4. The van der Waals surface area contributed by atoms with Crippen LogP contribution in [-0.4, -0.2) is 89.9 Å². The average molecular weight is 475 g/mol. The summed E-state index contributed by atoms with van der Waals surface area (Å²) in [5.74, 6) is 1.72. The summed E-state index contributed by atoms with van der Waals surface area (Å²) < 4.78 is 31.5. The van der Waals surface area contributed by atoms with Gasteiger partial charge in [0, 0.05) is 49.7 Å². The third-order valence-corrected chi connectivity index (χ3v) is 8.17. The molecule has 3 aliphatic heterocycles. The Morgan fingerprint density at radius 3 is 2.61 bits per heavy atom. The number of ether oxygens (including phenoxy) is 1. The number of morpholine rings is 1. The predicted molar refractivity (Wildman–Crippen MR) is 126 cm³/mol. The smallest absolute Gasteiger partial charge is 0.228 e. The van der Waals surface area contributed by atoms with Crippen LogP contribution in [0.4, 0.5) is 17.7 Å². The topological polar surface area (TPSA) is 131 Å². The van der Waals surface area contributed by atoms with Crippen LogP contribution < -0.4 is 15.5 Å². The summed E-state index contributed by atoms with van der Waals surface area (Å²) in [5, 5.41) is 0. The molecule has 0 aliphatic carbocycles. The first-order valence-electron chi connectivity index (χ1n) is 11.2. The number of nitrogens with two attached hydrogens (primary N) is 1. The zero-order chi connectivity index (χ0) is 23.4. The molecule has 0 bridgehead atoms. The highest BCUT2D eigenvalue weighted by Gasteiger charge is 2.45. The predicted octanol–water partition coefficient (Wildman–Crippen LogP) is 0.527. The monoisotopic (exact) mass is 474 g/mol. The van der Waals surface area contributed by atoms with Crippen molar-refractivity contribution in [1.29, 1.82) is 0 Å². The van der Waals surface area contributed by atoms with Crippen molar-refractivity contribution in [2.75, 3.05) is 61.2 Å². The van der Waals surface area contributed by atoms with Crippen LogP contribution in [0.3, 0.4) is 0 Å². The quantitative estimate of drug-likeness (QED) is 0.669. The maximum Gasteiger partial charge on any atom is 0.228 e. The van der Waals surface area contributed by atoms with Gasteiger partial charge in [0.1, 0.15) is 5.82 Å². The molecule has 0 spiro atoms. The molecule has 0 radical (unpaired) electrons. The highest BCUT2D eigenvalue weighted by molar-refractivity contribution is 7.88. The van der Waals surface area contributed by atoms with Crippen molar-refractivity contribution < 1.29 is 13.2 Å². The lowest BCUT2D eigenvalue weighted by Crippen LogP contribution is -2.49. The first-order valence-corrected chi connectivity index (χ1v) is 13.1. The molecule has 0 saturated carbocycles. The Morgan fingerprint density at radius 1 is 1.18 bits per heavy atom. The molecule has 2 aromatic heterocycles. The number of fused-ring (bicyclic) bond motifs is 1. The maximum atomic E-state index is 12.2. The van der Waals surface area contributed by atoms with Gasteiger partial charge in [-0.3, -0.25) is 0 Å². The molecule has 3 aliphatic rings. The molecular weight excluding hydrogens is 444 g/mol. The van der Waals surface area contributed by atoms with Gasteiger partial charge in [0.2, 0.25) is 21.9 Å². The number of hydrogen-bond donors (Lipinski definition) is 1. The molecule has 12 heteroatoms. The van der Waals surface area contributed by atoms with E-state index < -0.39 is 10.0 Å². The minimum atomic E-state index is -3.24. The summed E-state index contributed by atoms with van der Waals surface area (Å²) in [6.07, 6.45) is 6.18. The van der Waals surface area contributed by atoms with Crippen LogP contribution in [-0.2, 0) is 21.2 Å². The second-order valence-corrected chi connectivity index (χ2v) is 11.3. The fraction of sp³-hybridized carbons (Fsp3) is 0.619. The van der Waals surface area contributed by atoms with Crippen molar-refractivity contribution in [2.45, 2.75) is 38.3 Å². The van der Waals surface area contributed by atoms with Crippen molar-refractivity contribution in [3.8, 4) is 11.3 Å². The van der Waals surface area contributed by atoms with E-state index in [9.17, 15) is 8.42 Å². The first kappa shape index (κ1) is 22.2. The number of nitrogens with zero attached hydrogens (tertiary/aromatic N) is 7. The van der Waals surface area contributed by atoms with Crippen LogP contribution >= 0.6 is 0 Å². The van der Waals surface area contributed by atoms with E-state index in [2.05, 4.69) is 33.6 Å². The van der Waals surface area contributed by atoms with Gasteiger partial charge in [-0.15, -0.1) is 0 Å². The molecule has 5 rings (SSSR count). The van der Waals surface area contributed by atoms with Crippen molar-refractivity contribution in [2.24, 2.45) is 0 Å². The van der Waals surface area contributed by atoms with Crippen molar-refractivity contribution >= 4 is 27.7 Å². The minimum absolute atomic E-state index is 0.143. The Morgan fingerprint density at radius 2 is 1.94 bits per heavy atom. The highest BCUT2D eigenvalue weighted by atomic mass is 32.2. The molecule has 11 nitrogen and oxygen atoms in total. The summed E-state index contributed by atoms with van der Waals surface area (Å²) in [6.45, 7) is 7.87. The summed E-state index contributed by atoms with van der Waals surface area (Å²) in [7, 11) is -3.24. The highest BCUT2D eigenvalue weighted by Crippen LogP contribution is 2.42. The molecular formula is C21H30N8O3S. The largest absolute Gasteiger partial charge is 0.377 e. The Balaban J connectivity index is 1.60. The Hall–Kier alpha value is -2.57. The number of nitrogen functional groups attached to an aromatic ring is 1. The molecule has 0 unspecified atom stereocenters. The van der Waals surface area contributed by atoms with Crippen molar-refractivity contribution in [3.05, 3.63) is 18.0 Å². The van der Waals surface area contributed by atoms with Crippen LogP contribution in [0.15, 0.2) is 12.4 Å². The normalized spacial score (nSPS) is 26.1. The minimum Gasteiger partial charge on any atom is -0.377 e. The second kappa shape index (κ2) is 8.03. The molecule has 5 heterocycles. The molecule has 33 heavy (non-hydrogen) atoms. The zero-order valence-corrected chi connectivity index (χ0v) is 20.0. The molecule has 2 aromatic rings. The molecule has 2 atom stereocenters. The molecule has 2 fully saturated rings. The number of sulfonamides is 1. The van der Waals surface area contributed by atoms with Gasteiger partial charge in [-0.1, -0.05) is 0 Å². The Kier molecular flexibility index (Phi) is 5.41. The summed E-state index contributed by atoms with van der Waals surface area (Å²) in [4.78, 5) is 22.8. The van der Waals surface area contributed by atoms with Crippen molar-refractivity contribution in [3.63, 3.8) is 0 Å². The van der Waals surface area contributed by atoms with Crippen molar-refractivity contribution in [1.82, 2.24) is 24.2 Å². The van der Waals surface area contributed by atoms with Gasteiger partial charge in [0.15, 0.2) is 0 Å². The lowest BCUT2D eigenvalue weighted by Gasteiger charge is -2.38. The molecule has 2 N–H and O–H groups in total. The van der Waals surface area contributed by atoms with Crippen LogP contribution in [0.2, 0.25) is 0 Å². The van der Waals surface area contributed by atoms with Gasteiger partial charge in [-0.25, -0.2) is 23.4 Å². The summed E-state index contributed by atoms with van der Waals surface area (Å²) in [5.41, 5.74) is 8.00. The van der Waals surface area contributed by atoms with E-state index in [-0.39, 0.29) is 17.5 Å². The van der Waals surface area contributed by atoms with Gasteiger partial charge in [-0.05, 0) is 26.7 Å². The van der Waals surface area contributed by atoms with E-state index in [1.807, 2.05) is 0 Å². The third kappa shape index (κ3) is 4.00. The van der Waals surface area contributed by atoms with Gasteiger partial charge < -0.3 is 20.3 Å². The third-order valence-electron chi connectivity index (χ3n) is 6.92. The van der Waals surface area contributed by atoms with Gasteiger partial charge in [0.05, 0.1) is 36.7 Å². The van der Waals surface area contributed by atoms with Gasteiger partial charge >= 0.3 is 0 Å². The average Bonchev–Trinajstić information content (AvgIpc) is 3.39. The molecule has 0 amide bonds. The van der Waals surface area contributed by atoms with Crippen LogP contribution in [0.5, 0.6) is 0 Å². The number of anilines is 3. The van der Waals surface area contributed by atoms with Crippen LogP contribution in [0, 0.1) is 0 Å². The van der Waals surface area contributed by atoms with E-state index in [0.29, 0.717) is 38.8 Å². The van der Waals surface area contributed by atoms with E-state index >= 15 is 0 Å². The Bertz CT molecular complexity index is 1160. The van der Waals surface area contributed by atoms with E-state index in [4.69, 9.17) is 20.4 Å². The zero-order valence-electron chi connectivity index (χ0n) is 19.2. The van der Waals surface area contributed by atoms with Crippen LogP contribution in [0.25, 0.3) is 11.3 Å². The van der Waals surface area contributed by atoms with Gasteiger partial charge in [-0.2, -0.15) is 9.29 Å². The molecule has 178 valence electrons. The molecule has 2 saturated heterocycles. The van der Waals surface area contributed by atoms with Crippen LogP contribution in [0.1, 0.15) is 25.8 Å². The maximum absolute atomic E-state index is 12.2. The Labute approximate surface area is 194 Å². The number of hydrogen-bond acceptors (Lipinski definition) is 10. The fourth-order valence-electron chi connectivity index (χ4n) is 5.03. The van der Waals surface area contributed by atoms with E-state index in [1.165, 1.54) is 6.26 Å². The lowest BCUT2D eigenvalue weighted by atomic mass is 9.99. The second-order valence-electron chi connectivity index (χ2n) is 9.37. The summed E-state index contributed by atoms with van der Waals surface area (Å²) >= 11 is 0. The summed E-state index contributed by atoms with van der Waals surface area (Å²) in [6, 6.07) is 0.143. The van der Waals surface area contributed by atoms with Gasteiger partial charge in [0.25, 0.3) is 0 Å². The number of rotatable bonds is 4. The lowest BCUT2D eigenvalue weighted by molar-refractivity contribution is 0.0981. The van der Waals surface area contributed by atoms with E-state index in [0.717, 1.165) is 42.0 Å². The fourth-order valence-corrected chi connectivity index (χ4v) is 5.96.